The van der Waals surface area contributed by atoms with Crippen LogP contribution in [-0.4, -0.2) is 37.7 Å². The van der Waals surface area contributed by atoms with Crippen molar-refractivity contribution in [1.82, 2.24) is 0 Å². The summed E-state index contributed by atoms with van der Waals surface area (Å²) in [5, 5.41) is 0. The Bertz CT molecular complexity index is 851. The molecule has 1 aliphatic carbocycles. The first kappa shape index (κ1) is 43.4. The van der Waals surface area contributed by atoms with Gasteiger partial charge in [-0.15, -0.1) is 0 Å². The molecular weight excluding hydrogens is 588 g/mol. The van der Waals surface area contributed by atoms with Crippen molar-refractivity contribution in [2.45, 2.75) is 215 Å². The Balaban J connectivity index is 2.47. The van der Waals surface area contributed by atoms with E-state index in [-0.39, 0.29) is 24.0 Å². The molecule has 3 unspecified atom stereocenters. The fourth-order valence-electron chi connectivity index (χ4n) is 7.15. The fraction of sp³-hybridized carbons (Fsp3) is 0.927. The quantitative estimate of drug-likeness (QED) is 0.0470. The van der Waals surface area contributed by atoms with E-state index in [1.165, 1.54) is 103 Å². The molecule has 0 amide bonds. The molecule has 6 heteroatoms. The normalized spacial score (nSPS) is 17.7. The third-order valence-electron chi connectivity index (χ3n) is 11.3. The summed E-state index contributed by atoms with van der Waals surface area (Å²) < 4.78 is 17.0. The number of rotatable bonds is 28. The lowest BCUT2D eigenvalue weighted by atomic mass is 9.67. The van der Waals surface area contributed by atoms with E-state index in [0.29, 0.717) is 38.7 Å². The van der Waals surface area contributed by atoms with E-state index >= 15 is 0 Å². The van der Waals surface area contributed by atoms with Gasteiger partial charge in [0.2, 0.25) is 0 Å². The van der Waals surface area contributed by atoms with Crippen molar-refractivity contribution >= 4 is 17.9 Å². The molecule has 0 aromatic carbocycles. The van der Waals surface area contributed by atoms with Crippen molar-refractivity contribution in [3.05, 3.63) is 0 Å². The Morgan fingerprint density at radius 2 is 1.00 bits per heavy atom. The summed E-state index contributed by atoms with van der Waals surface area (Å²) in [6, 6.07) is 0. The molecule has 0 radical (unpaired) electrons. The van der Waals surface area contributed by atoms with E-state index in [9.17, 15) is 14.4 Å². The van der Waals surface area contributed by atoms with Crippen LogP contribution in [0.1, 0.15) is 208 Å². The first-order chi connectivity index (χ1) is 22.5. The lowest BCUT2D eigenvalue weighted by Gasteiger charge is -2.39. The van der Waals surface area contributed by atoms with Gasteiger partial charge in [0, 0.05) is 0 Å². The van der Waals surface area contributed by atoms with Crippen LogP contribution in [0.25, 0.3) is 0 Å². The van der Waals surface area contributed by atoms with E-state index in [1.807, 2.05) is 34.6 Å². The van der Waals surface area contributed by atoms with Gasteiger partial charge < -0.3 is 14.2 Å². The van der Waals surface area contributed by atoms with Crippen LogP contribution < -0.4 is 0 Å². The Kier molecular flexibility index (Phi) is 22.7. The second kappa shape index (κ2) is 24.5. The molecule has 0 aromatic heterocycles. The number of esters is 3. The van der Waals surface area contributed by atoms with Crippen LogP contribution in [0.4, 0.5) is 0 Å². The van der Waals surface area contributed by atoms with Gasteiger partial charge in [-0.2, -0.15) is 0 Å². The predicted octanol–water partition coefficient (Wildman–Crippen LogP) is 11.8. The van der Waals surface area contributed by atoms with Gasteiger partial charge >= 0.3 is 17.9 Å². The monoisotopic (exact) mass is 665 g/mol. The van der Waals surface area contributed by atoms with Crippen LogP contribution in [0.15, 0.2) is 0 Å². The van der Waals surface area contributed by atoms with E-state index in [2.05, 4.69) is 6.92 Å². The molecule has 0 saturated heterocycles. The number of hydrogen-bond donors (Lipinski definition) is 0. The standard InChI is InChI=1S/C41H76O6/c1-8-11-12-13-14-15-16-17-18-19-20-21-22-23-24-28-33-46-37(43)39(4,9-2)31-32-41(6,34-40(5,10-3)36(42)45-7)38(44)47-35-29-26-25-27-30-35/h35H,8-34H2,1-7H3. The maximum Gasteiger partial charge on any atom is 0.312 e. The summed E-state index contributed by atoms with van der Waals surface area (Å²) in [5.74, 6) is -0.753. The summed E-state index contributed by atoms with van der Waals surface area (Å²) in [6.45, 7) is 12.4. The van der Waals surface area contributed by atoms with Gasteiger partial charge in [-0.25, -0.2) is 0 Å². The van der Waals surface area contributed by atoms with Crippen molar-refractivity contribution in [2.75, 3.05) is 13.7 Å². The molecule has 6 nitrogen and oxygen atoms in total. The molecular formula is C41H76O6. The van der Waals surface area contributed by atoms with E-state index < -0.39 is 16.2 Å². The van der Waals surface area contributed by atoms with Gasteiger partial charge in [-0.05, 0) is 85.0 Å². The Morgan fingerprint density at radius 3 is 1.45 bits per heavy atom. The lowest BCUT2D eigenvalue weighted by molar-refractivity contribution is -0.170. The van der Waals surface area contributed by atoms with E-state index in [0.717, 1.165) is 38.5 Å². The third-order valence-corrected chi connectivity index (χ3v) is 11.3. The van der Waals surface area contributed by atoms with Crippen LogP contribution in [0.3, 0.4) is 0 Å². The summed E-state index contributed by atoms with van der Waals surface area (Å²) in [4.78, 5) is 39.9. The molecule has 0 N–H and O–H groups in total. The number of methoxy groups -OCH3 is 1. The van der Waals surface area contributed by atoms with Gasteiger partial charge in [0.05, 0.1) is 30.0 Å². The zero-order valence-corrected chi connectivity index (χ0v) is 32.1. The highest BCUT2D eigenvalue weighted by Crippen LogP contribution is 2.45. The molecule has 3 atom stereocenters. The van der Waals surface area contributed by atoms with Crippen LogP contribution in [0.2, 0.25) is 0 Å². The highest BCUT2D eigenvalue weighted by molar-refractivity contribution is 5.81. The van der Waals surface area contributed by atoms with Crippen LogP contribution in [0, 0.1) is 16.2 Å². The first-order valence-corrected chi connectivity index (χ1v) is 20.0. The van der Waals surface area contributed by atoms with E-state index in [1.54, 1.807) is 0 Å². The average Bonchev–Trinajstić information content (AvgIpc) is 3.08. The minimum atomic E-state index is -0.916. The maximum atomic E-state index is 13.8. The minimum absolute atomic E-state index is 0.0659. The number of hydrogen-bond acceptors (Lipinski definition) is 6. The number of ether oxygens (including phenoxy) is 3. The molecule has 47 heavy (non-hydrogen) atoms. The minimum Gasteiger partial charge on any atom is -0.469 e. The lowest BCUT2D eigenvalue weighted by Crippen LogP contribution is -2.42. The van der Waals surface area contributed by atoms with Gasteiger partial charge in [-0.1, -0.05) is 124 Å². The van der Waals surface area contributed by atoms with Crippen LogP contribution >= 0.6 is 0 Å². The first-order valence-electron chi connectivity index (χ1n) is 20.0. The van der Waals surface area contributed by atoms with Crippen molar-refractivity contribution in [3.63, 3.8) is 0 Å². The zero-order chi connectivity index (χ0) is 35.0. The van der Waals surface area contributed by atoms with E-state index in [4.69, 9.17) is 14.2 Å². The topological polar surface area (TPSA) is 78.9 Å². The highest BCUT2D eigenvalue weighted by atomic mass is 16.5. The molecule has 0 heterocycles. The largest absolute Gasteiger partial charge is 0.469 e. The molecule has 0 bridgehead atoms. The van der Waals surface area contributed by atoms with Crippen LogP contribution in [0.5, 0.6) is 0 Å². The number of carbonyl (C=O) groups excluding carboxylic acids is 3. The SMILES string of the molecule is CCCCCCCCCCCCCCCCCCOC(=O)C(C)(CC)CCC(C)(CC(C)(CC)C(=O)OC)C(=O)OC1CCCCC1. The molecule has 0 aliphatic heterocycles. The Labute approximate surface area is 290 Å². The fourth-order valence-corrected chi connectivity index (χ4v) is 7.15. The maximum absolute atomic E-state index is 13.8. The molecule has 1 rings (SSSR count). The Morgan fingerprint density at radius 1 is 0.553 bits per heavy atom. The van der Waals surface area contributed by atoms with Crippen molar-refractivity contribution in [2.24, 2.45) is 16.2 Å². The second-order valence-electron chi connectivity index (χ2n) is 15.7. The molecule has 1 fully saturated rings. The molecule has 1 saturated carbocycles. The van der Waals surface area contributed by atoms with Crippen molar-refractivity contribution in [1.29, 1.82) is 0 Å². The van der Waals surface area contributed by atoms with Crippen molar-refractivity contribution < 1.29 is 28.6 Å². The van der Waals surface area contributed by atoms with Gasteiger partial charge in [0.15, 0.2) is 0 Å². The Hall–Kier alpha value is -1.59. The molecule has 0 spiro atoms. The molecule has 276 valence electrons. The summed E-state index contributed by atoms with van der Waals surface area (Å²) in [6.07, 6.45) is 28.5. The molecule has 1 aliphatic rings. The summed E-state index contributed by atoms with van der Waals surface area (Å²) >= 11 is 0. The second-order valence-corrected chi connectivity index (χ2v) is 15.7. The van der Waals surface area contributed by atoms with Crippen molar-refractivity contribution in [3.8, 4) is 0 Å². The van der Waals surface area contributed by atoms with Gasteiger partial charge in [0.25, 0.3) is 0 Å². The molecule has 0 aromatic rings. The predicted molar refractivity (Wildman–Crippen MR) is 194 cm³/mol. The number of carbonyl (C=O) groups is 3. The summed E-state index contributed by atoms with van der Waals surface area (Å²) in [7, 11) is 1.40. The van der Waals surface area contributed by atoms with Gasteiger partial charge in [0.1, 0.15) is 6.10 Å². The average molecular weight is 665 g/mol. The van der Waals surface area contributed by atoms with Gasteiger partial charge in [-0.3, -0.25) is 14.4 Å². The number of unbranched alkanes of at least 4 members (excludes halogenated alkanes) is 15. The zero-order valence-electron chi connectivity index (χ0n) is 32.1. The summed E-state index contributed by atoms with van der Waals surface area (Å²) in [5.41, 5.74) is -2.43. The highest BCUT2D eigenvalue weighted by Gasteiger charge is 2.47. The smallest absolute Gasteiger partial charge is 0.312 e. The third kappa shape index (κ3) is 17.1. The van der Waals surface area contributed by atoms with Crippen LogP contribution in [-0.2, 0) is 28.6 Å².